The van der Waals surface area contributed by atoms with Crippen molar-refractivity contribution in [2.75, 3.05) is 19.0 Å². The van der Waals surface area contributed by atoms with E-state index < -0.39 is 0 Å². The first-order chi connectivity index (χ1) is 10.3. The highest BCUT2D eigenvalue weighted by atomic mass is 32.2. The van der Waals surface area contributed by atoms with E-state index in [2.05, 4.69) is 43.0 Å². The van der Waals surface area contributed by atoms with E-state index in [0.717, 1.165) is 17.1 Å². The molecule has 2 aromatic carbocycles. The lowest BCUT2D eigenvalue weighted by Crippen LogP contribution is -2.00. The van der Waals surface area contributed by atoms with Crippen LogP contribution in [0.25, 0.3) is 0 Å². The van der Waals surface area contributed by atoms with Gasteiger partial charge in [0.25, 0.3) is 0 Å². The van der Waals surface area contributed by atoms with Crippen molar-refractivity contribution in [3.05, 3.63) is 59.7 Å². The molecule has 0 atom stereocenters. The maximum absolute atomic E-state index is 8.64. The fourth-order valence-corrected chi connectivity index (χ4v) is 2.66. The van der Waals surface area contributed by atoms with Crippen molar-refractivity contribution in [2.24, 2.45) is 0 Å². The van der Waals surface area contributed by atoms with Gasteiger partial charge < -0.3 is 9.84 Å². The molecule has 0 fully saturated rings. The molecular weight excluding hydrogens is 280 g/mol. The molecule has 0 unspecified atom stereocenters. The van der Waals surface area contributed by atoms with Gasteiger partial charge in [0.05, 0.1) is 6.61 Å². The van der Waals surface area contributed by atoms with Crippen molar-refractivity contribution in [1.82, 2.24) is 0 Å². The number of benzene rings is 2. The molecular formula is C18H18O2S. The summed E-state index contributed by atoms with van der Waals surface area (Å²) in [5.74, 6) is 7.23. The van der Waals surface area contributed by atoms with Gasteiger partial charge in [-0.05, 0) is 42.8 Å². The quantitative estimate of drug-likeness (QED) is 0.520. The normalized spacial score (nSPS) is 9.81. The Hall–Kier alpha value is -1.89. The smallest absolute Gasteiger partial charge is 0.119 e. The number of aliphatic hydroxyl groups is 1. The van der Waals surface area contributed by atoms with Gasteiger partial charge >= 0.3 is 0 Å². The summed E-state index contributed by atoms with van der Waals surface area (Å²) < 4.78 is 5.71. The Balaban J connectivity index is 1.77. The minimum Gasteiger partial charge on any atom is -0.493 e. The van der Waals surface area contributed by atoms with E-state index in [1.165, 1.54) is 10.5 Å². The molecule has 0 amide bonds. The zero-order valence-electron chi connectivity index (χ0n) is 12.0. The molecule has 0 radical (unpaired) electrons. The molecule has 2 nitrogen and oxygen atoms in total. The third-order valence-electron chi connectivity index (χ3n) is 2.87. The van der Waals surface area contributed by atoms with Crippen LogP contribution in [0.4, 0.5) is 0 Å². The van der Waals surface area contributed by atoms with Crippen LogP contribution in [-0.4, -0.2) is 24.1 Å². The van der Waals surface area contributed by atoms with Crippen LogP contribution < -0.4 is 4.74 Å². The molecule has 0 heterocycles. The van der Waals surface area contributed by atoms with Gasteiger partial charge in [-0.15, -0.1) is 11.8 Å². The molecule has 0 aromatic heterocycles. The van der Waals surface area contributed by atoms with Crippen molar-refractivity contribution < 1.29 is 9.84 Å². The van der Waals surface area contributed by atoms with E-state index in [1.54, 1.807) is 11.8 Å². The van der Waals surface area contributed by atoms with Crippen molar-refractivity contribution >= 4 is 11.8 Å². The summed E-state index contributed by atoms with van der Waals surface area (Å²) in [5.41, 5.74) is 2.18. The molecule has 0 saturated carbocycles. The molecule has 0 aliphatic heterocycles. The highest BCUT2D eigenvalue weighted by Gasteiger charge is 1.98. The summed E-state index contributed by atoms with van der Waals surface area (Å²) in [4.78, 5) is 1.30. The van der Waals surface area contributed by atoms with Gasteiger partial charge in [0.1, 0.15) is 12.4 Å². The number of hydrogen-bond acceptors (Lipinski definition) is 3. The topological polar surface area (TPSA) is 29.5 Å². The molecule has 108 valence electrons. The summed E-state index contributed by atoms with van der Waals surface area (Å²) >= 11 is 1.81. The number of aryl methyl sites for hydroxylation is 1. The Morgan fingerprint density at radius 3 is 2.57 bits per heavy atom. The first kappa shape index (κ1) is 15.5. The van der Waals surface area contributed by atoms with E-state index in [4.69, 9.17) is 9.84 Å². The standard InChI is InChI=1S/C18H18O2S/c1-15-5-2-3-7-18(15)21-14-13-20-17-10-8-16(9-11-17)6-4-12-19/h2-3,5,7-11,19H,12-14H2,1H3. The summed E-state index contributed by atoms with van der Waals surface area (Å²) in [5, 5.41) is 8.64. The largest absolute Gasteiger partial charge is 0.493 e. The average molecular weight is 298 g/mol. The summed E-state index contributed by atoms with van der Waals surface area (Å²) in [6, 6.07) is 16.0. The van der Waals surface area contributed by atoms with E-state index in [-0.39, 0.29) is 6.61 Å². The second-order valence-electron chi connectivity index (χ2n) is 4.45. The molecule has 0 bridgehead atoms. The van der Waals surface area contributed by atoms with Crippen molar-refractivity contribution in [3.63, 3.8) is 0 Å². The lowest BCUT2D eigenvalue weighted by molar-refractivity contribution is 0.344. The Morgan fingerprint density at radius 1 is 1.10 bits per heavy atom. The third-order valence-corrected chi connectivity index (χ3v) is 4.01. The Kier molecular flexibility index (Phi) is 6.21. The van der Waals surface area contributed by atoms with Crippen LogP contribution in [0.3, 0.4) is 0 Å². The summed E-state index contributed by atoms with van der Waals surface area (Å²) in [6.45, 7) is 2.67. The van der Waals surface area contributed by atoms with Crippen LogP contribution in [0.1, 0.15) is 11.1 Å². The number of rotatable bonds is 5. The van der Waals surface area contributed by atoms with Crippen LogP contribution in [0.2, 0.25) is 0 Å². The average Bonchev–Trinajstić information content (AvgIpc) is 2.52. The van der Waals surface area contributed by atoms with Crippen molar-refractivity contribution in [1.29, 1.82) is 0 Å². The lowest BCUT2D eigenvalue weighted by Gasteiger charge is -2.07. The Bertz CT molecular complexity index is 624. The number of ether oxygens (including phenoxy) is 1. The Labute approximate surface area is 130 Å². The summed E-state index contributed by atoms with van der Waals surface area (Å²) in [6.07, 6.45) is 0. The van der Waals surface area contributed by atoms with E-state index in [0.29, 0.717) is 6.61 Å². The number of aliphatic hydroxyl groups excluding tert-OH is 1. The van der Waals surface area contributed by atoms with Crippen LogP contribution in [0, 0.1) is 18.8 Å². The fraction of sp³-hybridized carbons (Fsp3) is 0.222. The molecule has 21 heavy (non-hydrogen) atoms. The maximum Gasteiger partial charge on any atom is 0.119 e. The molecule has 0 saturated heterocycles. The fourth-order valence-electron chi connectivity index (χ4n) is 1.81. The van der Waals surface area contributed by atoms with Crippen LogP contribution in [0.15, 0.2) is 53.4 Å². The predicted molar refractivity (Wildman–Crippen MR) is 87.8 cm³/mol. The minimum absolute atomic E-state index is 0.117. The second-order valence-corrected chi connectivity index (χ2v) is 5.58. The summed E-state index contributed by atoms with van der Waals surface area (Å²) in [7, 11) is 0. The molecule has 1 N–H and O–H groups in total. The third kappa shape index (κ3) is 5.18. The highest BCUT2D eigenvalue weighted by Crippen LogP contribution is 2.21. The molecule has 0 spiro atoms. The highest BCUT2D eigenvalue weighted by molar-refractivity contribution is 7.99. The monoisotopic (exact) mass is 298 g/mol. The molecule has 3 heteroatoms. The first-order valence-corrected chi connectivity index (χ1v) is 7.79. The molecule has 0 aliphatic carbocycles. The van der Waals surface area contributed by atoms with E-state index in [9.17, 15) is 0 Å². The second kappa shape index (κ2) is 8.41. The Morgan fingerprint density at radius 2 is 1.86 bits per heavy atom. The van der Waals surface area contributed by atoms with Gasteiger partial charge in [-0.2, -0.15) is 0 Å². The van der Waals surface area contributed by atoms with Gasteiger partial charge in [-0.25, -0.2) is 0 Å². The number of hydrogen-bond donors (Lipinski definition) is 1. The first-order valence-electron chi connectivity index (χ1n) is 6.80. The molecule has 2 rings (SSSR count). The van der Waals surface area contributed by atoms with Crippen molar-refractivity contribution in [2.45, 2.75) is 11.8 Å². The van der Waals surface area contributed by atoms with E-state index >= 15 is 0 Å². The maximum atomic E-state index is 8.64. The zero-order chi connectivity index (χ0) is 14.9. The SMILES string of the molecule is Cc1ccccc1SCCOc1ccc(C#CCO)cc1. The van der Waals surface area contributed by atoms with Gasteiger partial charge in [0.15, 0.2) is 0 Å². The van der Waals surface area contributed by atoms with Crippen LogP contribution in [-0.2, 0) is 0 Å². The van der Waals surface area contributed by atoms with Crippen LogP contribution in [0.5, 0.6) is 5.75 Å². The van der Waals surface area contributed by atoms with Gasteiger partial charge in [0, 0.05) is 16.2 Å². The zero-order valence-corrected chi connectivity index (χ0v) is 12.8. The molecule has 2 aromatic rings. The minimum atomic E-state index is -0.117. The number of thioether (sulfide) groups is 1. The van der Waals surface area contributed by atoms with Gasteiger partial charge in [-0.3, -0.25) is 0 Å². The van der Waals surface area contributed by atoms with E-state index in [1.807, 2.05) is 24.3 Å². The predicted octanol–water partition coefficient (Wildman–Crippen LogP) is 3.51. The molecule has 0 aliphatic rings. The van der Waals surface area contributed by atoms with Crippen molar-refractivity contribution in [3.8, 4) is 17.6 Å². The van der Waals surface area contributed by atoms with Gasteiger partial charge in [-0.1, -0.05) is 30.0 Å². The van der Waals surface area contributed by atoms with Crippen LogP contribution >= 0.6 is 11.8 Å². The lowest BCUT2D eigenvalue weighted by atomic mass is 10.2. The van der Waals surface area contributed by atoms with Gasteiger partial charge in [0.2, 0.25) is 0 Å².